The van der Waals surface area contributed by atoms with Crippen LogP contribution in [0.2, 0.25) is 0 Å². The highest BCUT2D eigenvalue weighted by atomic mass is 32.1. The van der Waals surface area contributed by atoms with Crippen molar-refractivity contribution in [1.82, 2.24) is 10.3 Å². The Hall–Kier alpha value is -0.940. The van der Waals surface area contributed by atoms with Gasteiger partial charge in [-0.25, -0.2) is 4.98 Å². The standard InChI is InChI=1S/C12H18N2O2S/c1-3-9-10(17-7-13-9)11(16)14-12(2,6-15)8-4-5-8/h7-8,15H,3-6H2,1-2H3,(H,14,16). The van der Waals surface area contributed by atoms with E-state index in [2.05, 4.69) is 10.3 Å². The van der Waals surface area contributed by atoms with Gasteiger partial charge in [0.1, 0.15) is 4.88 Å². The van der Waals surface area contributed by atoms with Crippen LogP contribution in [-0.4, -0.2) is 28.1 Å². The smallest absolute Gasteiger partial charge is 0.263 e. The zero-order valence-electron chi connectivity index (χ0n) is 10.2. The molecule has 5 heteroatoms. The van der Waals surface area contributed by atoms with Gasteiger partial charge in [-0.2, -0.15) is 0 Å². The number of aliphatic hydroxyl groups excluding tert-OH is 1. The maximum absolute atomic E-state index is 12.1. The number of carbonyl (C=O) groups is 1. The molecule has 1 aromatic heterocycles. The number of amides is 1. The van der Waals surface area contributed by atoms with Crippen molar-refractivity contribution in [3.8, 4) is 0 Å². The Morgan fingerprint density at radius 2 is 2.41 bits per heavy atom. The van der Waals surface area contributed by atoms with Gasteiger partial charge in [-0.1, -0.05) is 6.92 Å². The average molecular weight is 254 g/mol. The highest BCUT2D eigenvalue weighted by Crippen LogP contribution is 2.39. The summed E-state index contributed by atoms with van der Waals surface area (Å²) in [5.41, 5.74) is 2.05. The topological polar surface area (TPSA) is 62.2 Å². The summed E-state index contributed by atoms with van der Waals surface area (Å²) in [5.74, 6) is 0.308. The van der Waals surface area contributed by atoms with E-state index in [-0.39, 0.29) is 12.5 Å². The van der Waals surface area contributed by atoms with E-state index in [1.807, 2.05) is 13.8 Å². The van der Waals surface area contributed by atoms with Crippen LogP contribution >= 0.6 is 11.3 Å². The first kappa shape index (κ1) is 12.5. The van der Waals surface area contributed by atoms with Crippen LogP contribution in [-0.2, 0) is 6.42 Å². The molecule has 0 aromatic carbocycles. The van der Waals surface area contributed by atoms with Crippen LogP contribution in [0.3, 0.4) is 0 Å². The number of aliphatic hydroxyl groups is 1. The predicted octanol–water partition coefficient (Wildman–Crippen LogP) is 1.60. The van der Waals surface area contributed by atoms with E-state index >= 15 is 0 Å². The van der Waals surface area contributed by atoms with Gasteiger partial charge in [0.05, 0.1) is 23.4 Å². The third kappa shape index (κ3) is 2.50. The molecule has 1 amide bonds. The summed E-state index contributed by atoms with van der Waals surface area (Å²) >= 11 is 1.36. The van der Waals surface area contributed by atoms with Crippen molar-refractivity contribution < 1.29 is 9.90 Å². The number of nitrogens with zero attached hydrogens (tertiary/aromatic N) is 1. The van der Waals surface area contributed by atoms with Crippen molar-refractivity contribution >= 4 is 17.2 Å². The largest absolute Gasteiger partial charge is 0.394 e. The molecule has 2 N–H and O–H groups in total. The molecule has 17 heavy (non-hydrogen) atoms. The monoisotopic (exact) mass is 254 g/mol. The molecule has 4 nitrogen and oxygen atoms in total. The van der Waals surface area contributed by atoms with Gasteiger partial charge in [-0.3, -0.25) is 4.79 Å². The Morgan fingerprint density at radius 1 is 1.71 bits per heavy atom. The quantitative estimate of drug-likeness (QED) is 0.839. The van der Waals surface area contributed by atoms with Gasteiger partial charge < -0.3 is 10.4 Å². The number of thiazole rings is 1. The van der Waals surface area contributed by atoms with E-state index in [0.717, 1.165) is 25.0 Å². The zero-order valence-corrected chi connectivity index (χ0v) is 11.0. The van der Waals surface area contributed by atoms with Crippen LogP contribution in [0.4, 0.5) is 0 Å². The van der Waals surface area contributed by atoms with Gasteiger partial charge in [-0.15, -0.1) is 11.3 Å². The number of nitrogens with one attached hydrogen (secondary N) is 1. The second kappa shape index (κ2) is 4.74. The van der Waals surface area contributed by atoms with E-state index in [1.54, 1.807) is 5.51 Å². The summed E-state index contributed by atoms with van der Waals surface area (Å²) in [5, 5.41) is 12.4. The first-order valence-corrected chi connectivity index (χ1v) is 6.84. The fourth-order valence-electron chi connectivity index (χ4n) is 2.01. The average Bonchev–Trinajstić information content (AvgIpc) is 3.07. The van der Waals surface area contributed by atoms with Crippen molar-refractivity contribution in [3.63, 3.8) is 0 Å². The molecule has 1 atom stereocenters. The first-order valence-electron chi connectivity index (χ1n) is 5.96. The van der Waals surface area contributed by atoms with Gasteiger partial charge in [0.2, 0.25) is 0 Å². The summed E-state index contributed by atoms with van der Waals surface area (Å²) < 4.78 is 0. The van der Waals surface area contributed by atoms with E-state index in [1.165, 1.54) is 11.3 Å². The molecule has 1 unspecified atom stereocenters. The van der Waals surface area contributed by atoms with E-state index in [9.17, 15) is 9.90 Å². The van der Waals surface area contributed by atoms with Crippen molar-refractivity contribution in [1.29, 1.82) is 0 Å². The Kier molecular flexibility index (Phi) is 3.49. The minimum atomic E-state index is -0.480. The Morgan fingerprint density at radius 3 is 2.94 bits per heavy atom. The summed E-state index contributed by atoms with van der Waals surface area (Å²) in [6.07, 6.45) is 2.92. The third-order valence-electron chi connectivity index (χ3n) is 3.39. The van der Waals surface area contributed by atoms with Gasteiger partial charge in [-0.05, 0) is 32.1 Å². The molecule has 0 bridgehead atoms. The summed E-state index contributed by atoms with van der Waals surface area (Å²) in [6, 6.07) is 0. The molecule has 1 fully saturated rings. The molecule has 1 aromatic rings. The van der Waals surface area contributed by atoms with Gasteiger partial charge in [0.15, 0.2) is 0 Å². The van der Waals surface area contributed by atoms with Crippen molar-refractivity contribution in [2.24, 2.45) is 5.92 Å². The first-order chi connectivity index (χ1) is 8.10. The summed E-state index contributed by atoms with van der Waals surface area (Å²) in [7, 11) is 0. The fourth-order valence-corrected chi connectivity index (χ4v) is 2.79. The van der Waals surface area contributed by atoms with Crippen LogP contribution < -0.4 is 5.32 Å². The SMILES string of the molecule is CCc1ncsc1C(=O)NC(C)(CO)C1CC1. The van der Waals surface area contributed by atoms with Gasteiger partial charge in [0, 0.05) is 0 Å². The van der Waals surface area contributed by atoms with Crippen LogP contribution in [0.5, 0.6) is 0 Å². The highest BCUT2D eigenvalue weighted by molar-refractivity contribution is 7.11. The maximum Gasteiger partial charge on any atom is 0.263 e. The number of aromatic nitrogens is 1. The molecule has 94 valence electrons. The lowest BCUT2D eigenvalue weighted by atomic mass is 9.97. The van der Waals surface area contributed by atoms with Crippen molar-refractivity contribution in [2.45, 2.75) is 38.6 Å². The second-order valence-electron chi connectivity index (χ2n) is 4.79. The maximum atomic E-state index is 12.1. The van der Waals surface area contributed by atoms with Gasteiger partial charge in [0.25, 0.3) is 5.91 Å². The fraction of sp³-hybridized carbons (Fsp3) is 0.667. The molecule has 0 aliphatic heterocycles. The van der Waals surface area contributed by atoms with Crippen LogP contribution in [0.25, 0.3) is 0 Å². The lowest BCUT2D eigenvalue weighted by molar-refractivity contribution is 0.0827. The minimum absolute atomic E-state index is 0.0102. The molecule has 1 heterocycles. The van der Waals surface area contributed by atoms with Crippen molar-refractivity contribution in [3.05, 3.63) is 16.1 Å². The molecule has 1 saturated carbocycles. The lowest BCUT2D eigenvalue weighted by Crippen LogP contribution is -2.50. The molecule has 1 aliphatic carbocycles. The molecule has 1 aliphatic rings. The summed E-state index contributed by atoms with van der Waals surface area (Å²) in [6.45, 7) is 3.89. The normalized spacial score (nSPS) is 18.8. The summed E-state index contributed by atoms with van der Waals surface area (Å²) in [4.78, 5) is 17.0. The number of hydrogen-bond donors (Lipinski definition) is 2. The highest BCUT2D eigenvalue weighted by Gasteiger charge is 2.42. The van der Waals surface area contributed by atoms with Crippen LogP contribution in [0.1, 0.15) is 42.1 Å². The Balaban J connectivity index is 2.10. The molecule has 2 rings (SSSR count). The van der Waals surface area contributed by atoms with Gasteiger partial charge >= 0.3 is 0 Å². The van der Waals surface area contributed by atoms with Crippen LogP contribution in [0, 0.1) is 5.92 Å². The third-order valence-corrected chi connectivity index (χ3v) is 4.26. The number of carbonyl (C=O) groups excluding carboxylic acids is 1. The van der Waals surface area contributed by atoms with E-state index < -0.39 is 5.54 Å². The van der Waals surface area contributed by atoms with E-state index in [4.69, 9.17) is 0 Å². The van der Waals surface area contributed by atoms with Crippen molar-refractivity contribution in [2.75, 3.05) is 6.61 Å². The zero-order chi connectivity index (χ0) is 12.5. The molecule has 0 spiro atoms. The molecule has 0 saturated heterocycles. The molecular formula is C12H18N2O2S. The Labute approximate surface area is 105 Å². The number of rotatable bonds is 5. The Bertz CT molecular complexity index is 414. The van der Waals surface area contributed by atoms with Crippen LogP contribution in [0.15, 0.2) is 5.51 Å². The number of aryl methyl sites for hydroxylation is 1. The second-order valence-corrected chi connectivity index (χ2v) is 5.64. The minimum Gasteiger partial charge on any atom is -0.394 e. The van der Waals surface area contributed by atoms with E-state index in [0.29, 0.717) is 10.8 Å². The number of hydrogen-bond acceptors (Lipinski definition) is 4. The predicted molar refractivity (Wildman–Crippen MR) is 67.2 cm³/mol. The molecular weight excluding hydrogens is 236 g/mol. The lowest BCUT2D eigenvalue weighted by Gasteiger charge is -2.28. The molecule has 0 radical (unpaired) electrons.